The molecule has 16 heavy (non-hydrogen) atoms. The van der Waals surface area contributed by atoms with Gasteiger partial charge in [0.25, 0.3) is 12.1 Å². The number of nitrogens with zero attached hydrogens (tertiary/aromatic N) is 3. The van der Waals surface area contributed by atoms with E-state index >= 15 is 0 Å². The Hall–Kier alpha value is -2.10. The van der Waals surface area contributed by atoms with Gasteiger partial charge in [0.05, 0.1) is 23.1 Å². The van der Waals surface area contributed by atoms with Gasteiger partial charge >= 0.3 is 0 Å². The standard InChI is InChI=1S/C9H7F2N3O2/c1-5-4-7(14(15)16)8(9(10)11)13-6(5)2-3-12/h4,9H,2H2,1H3. The number of alkyl halides is 2. The van der Waals surface area contributed by atoms with Gasteiger partial charge in [0.15, 0.2) is 5.69 Å². The topological polar surface area (TPSA) is 79.8 Å². The quantitative estimate of drug-likeness (QED) is 0.586. The highest BCUT2D eigenvalue weighted by Gasteiger charge is 2.25. The Morgan fingerprint density at radius 3 is 2.75 bits per heavy atom. The van der Waals surface area contributed by atoms with Crippen LogP contribution in [0.2, 0.25) is 0 Å². The van der Waals surface area contributed by atoms with E-state index in [-0.39, 0.29) is 12.1 Å². The number of pyridine rings is 1. The Labute approximate surface area is 89.5 Å². The van der Waals surface area contributed by atoms with E-state index in [2.05, 4.69) is 4.98 Å². The van der Waals surface area contributed by atoms with Gasteiger partial charge in [-0.2, -0.15) is 5.26 Å². The van der Waals surface area contributed by atoms with Crippen molar-refractivity contribution in [2.75, 3.05) is 0 Å². The van der Waals surface area contributed by atoms with E-state index in [0.717, 1.165) is 6.07 Å². The molecular weight excluding hydrogens is 220 g/mol. The van der Waals surface area contributed by atoms with Crippen molar-refractivity contribution in [1.82, 2.24) is 4.98 Å². The van der Waals surface area contributed by atoms with E-state index in [9.17, 15) is 18.9 Å². The van der Waals surface area contributed by atoms with Crippen molar-refractivity contribution in [1.29, 1.82) is 5.26 Å². The lowest BCUT2D eigenvalue weighted by Crippen LogP contribution is -2.04. The molecule has 0 radical (unpaired) electrons. The minimum atomic E-state index is -3.03. The van der Waals surface area contributed by atoms with Crippen LogP contribution in [0, 0.1) is 28.4 Å². The second-order valence-electron chi connectivity index (χ2n) is 3.05. The second kappa shape index (κ2) is 4.61. The smallest absolute Gasteiger partial charge is 0.258 e. The van der Waals surface area contributed by atoms with E-state index in [4.69, 9.17) is 5.26 Å². The maximum absolute atomic E-state index is 12.5. The Kier molecular flexibility index (Phi) is 3.45. The summed E-state index contributed by atoms with van der Waals surface area (Å²) in [7, 11) is 0. The zero-order chi connectivity index (χ0) is 12.3. The molecule has 5 nitrogen and oxygen atoms in total. The molecule has 0 fully saturated rings. The van der Waals surface area contributed by atoms with E-state index in [1.165, 1.54) is 6.92 Å². The van der Waals surface area contributed by atoms with Crippen LogP contribution >= 0.6 is 0 Å². The van der Waals surface area contributed by atoms with E-state index < -0.39 is 22.7 Å². The highest BCUT2D eigenvalue weighted by molar-refractivity contribution is 5.42. The molecule has 0 aliphatic heterocycles. The molecule has 0 spiro atoms. The van der Waals surface area contributed by atoms with Crippen molar-refractivity contribution in [2.24, 2.45) is 0 Å². The minimum Gasteiger partial charge on any atom is -0.258 e. The third kappa shape index (κ3) is 2.28. The van der Waals surface area contributed by atoms with Crippen LogP contribution in [0.4, 0.5) is 14.5 Å². The van der Waals surface area contributed by atoms with Crippen molar-refractivity contribution in [2.45, 2.75) is 19.8 Å². The summed E-state index contributed by atoms with van der Waals surface area (Å²) in [4.78, 5) is 13.1. The normalized spacial score (nSPS) is 10.2. The summed E-state index contributed by atoms with van der Waals surface area (Å²) in [6.45, 7) is 1.49. The zero-order valence-electron chi connectivity index (χ0n) is 8.28. The third-order valence-electron chi connectivity index (χ3n) is 1.98. The number of nitriles is 1. The highest BCUT2D eigenvalue weighted by atomic mass is 19.3. The molecule has 0 aromatic carbocycles. The lowest BCUT2D eigenvalue weighted by Gasteiger charge is -2.05. The second-order valence-corrected chi connectivity index (χ2v) is 3.05. The van der Waals surface area contributed by atoms with E-state index in [1.807, 2.05) is 0 Å². The molecule has 1 heterocycles. The molecule has 0 N–H and O–H groups in total. The van der Waals surface area contributed by atoms with Crippen molar-refractivity contribution in [3.05, 3.63) is 33.1 Å². The van der Waals surface area contributed by atoms with Gasteiger partial charge in [0.1, 0.15) is 0 Å². The van der Waals surface area contributed by atoms with Gasteiger partial charge in [-0.3, -0.25) is 10.1 Å². The third-order valence-corrected chi connectivity index (χ3v) is 1.98. The SMILES string of the molecule is Cc1cc([N+](=O)[O-])c(C(F)F)nc1CC#N. The van der Waals surface area contributed by atoms with Gasteiger partial charge < -0.3 is 0 Å². The Morgan fingerprint density at radius 2 is 2.31 bits per heavy atom. The molecule has 0 aliphatic carbocycles. The Balaban J connectivity index is 3.38. The molecular formula is C9H7F2N3O2. The van der Waals surface area contributed by atoms with Gasteiger partial charge in [0.2, 0.25) is 0 Å². The van der Waals surface area contributed by atoms with Crippen molar-refractivity contribution in [3.8, 4) is 6.07 Å². The molecule has 0 aliphatic rings. The van der Waals surface area contributed by atoms with Crippen LogP contribution in [0.15, 0.2) is 6.07 Å². The number of nitro groups is 1. The van der Waals surface area contributed by atoms with Crippen LogP contribution in [-0.2, 0) is 6.42 Å². The number of aromatic nitrogens is 1. The number of hydrogen-bond acceptors (Lipinski definition) is 4. The van der Waals surface area contributed by atoms with Crippen LogP contribution in [0.3, 0.4) is 0 Å². The Bertz CT molecular complexity index is 469. The summed E-state index contributed by atoms with van der Waals surface area (Å²) in [6, 6.07) is 2.78. The summed E-state index contributed by atoms with van der Waals surface area (Å²) in [5.74, 6) is 0. The number of aryl methyl sites for hydroxylation is 1. The van der Waals surface area contributed by atoms with Crippen LogP contribution in [-0.4, -0.2) is 9.91 Å². The van der Waals surface area contributed by atoms with Gasteiger partial charge in [0, 0.05) is 6.07 Å². The van der Waals surface area contributed by atoms with Crippen molar-refractivity contribution in [3.63, 3.8) is 0 Å². The van der Waals surface area contributed by atoms with Gasteiger partial charge in [-0.25, -0.2) is 13.8 Å². The predicted molar refractivity (Wildman–Crippen MR) is 49.9 cm³/mol. The first-order valence-corrected chi connectivity index (χ1v) is 4.27. The summed E-state index contributed by atoms with van der Waals surface area (Å²) < 4.78 is 25.0. The molecule has 0 bridgehead atoms. The average Bonchev–Trinajstić information content (AvgIpc) is 2.20. The molecule has 0 atom stereocenters. The van der Waals surface area contributed by atoms with Crippen molar-refractivity contribution >= 4 is 5.69 Å². The molecule has 7 heteroatoms. The van der Waals surface area contributed by atoms with Crippen LogP contribution in [0.5, 0.6) is 0 Å². The summed E-state index contributed by atoms with van der Waals surface area (Å²) in [5.41, 5.74) is -1.10. The first-order chi connectivity index (χ1) is 7.47. The molecule has 0 unspecified atom stereocenters. The summed E-state index contributed by atoms with van der Waals surface area (Å²) in [6.07, 6.45) is -3.18. The first kappa shape index (κ1) is 12.0. The average molecular weight is 227 g/mol. The largest absolute Gasteiger partial charge is 0.296 e. The maximum atomic E-state index is 12.5. The fraction of sp³-hybridized carbons (Fsp3) is 0.333. The maximum Gasteiger partial charge on any atom is 0.296 e. The summed E-state index contributed by atoms with van der Waals surface area (Å²) >= 11 is 0. The number of hydrogen-bond donors (Lipinski definition) is 0. The Morgan fingerprint density at radius 1 is 1.69 bits per heavy atom. The molecule has 0 saturated heterocycles. The highest BCUT2D eigenvalue weighted by Crippen LogP contribution is 2.28. The van der Waals surface area contributed by atoms with E-state index in [1.54, 1.807) is 6.07 Å². The molecule has 0 saturated carbocycles. The van der Waals surface area contributed by atoms with Crippen LogP contribution < -0.4 is 0 Å². The van der Waals surface area contributed by atoms with Crippen LogP contribution in [0.25, 0.3) is 0 Å². The fourth-order valence-corrected chi connectivity index (χ4v) is 1.21. The zero-order valence-corrected chi connectivity index (χ0v) is 8.28. The van der Waals surface area contributed by atoms with Crippen molar-refractivity contribution < 1.29 is 13.7 Å². The number of halogens is 2. The van der Waals surface area contributed by atoms with Gasteiger partial charge in [-0.05, 0) is 12.5 Å². The fourth-order valence-electron chi connectivity index (χ4n) is 1.21. The lowest BCUT2D eigenvalue weighted by molar-refractivity contribution is -0.386. The summed E-state index contributed by atoms with van der Waals surface area (Å²) in [5, 5.41) is 19.0. The molecule has 84 valence electrons. The van der Waals surface area contributed by atoms with Crippen LogP contribution in [0.1, 0.15) is 23.4 Å². The minimum absolute atomic E-state index is 0.142. The monoisotopic (exact) mass is 227 g/mol. The van der Waals surface area contributed by atoms with E-state index in [0.29, 0.717) is 5.56 Å². The molecule has 1 aromatic rings. The molecule has 1 aromatic heterocycles. The number of rotatable bonds is 3. The predicted octanol–water partition coefficient (Wildman–Crippen LogP) is 2.30. The molecule has 1 rings (SSSR count). The molecule has 0 amide bonds. The first-order valence-electron chi connectivity index (χ1n) is 4.27. The van der Waals surface area contributed by atoms with Gasteiger partial charge in [-0.15, -0.1) is 0 Å². The van der Waals surface area contributed by atoms with Gasteiger partial charge in [-0.1, -0.05) is 0 Å². The lowest BCUT2D eigenvalue weighted by atomic mass is 10.1.